The molecule has 0 spiro atoms. The number of para-hydroxylation sites is 1. The molecular weight excluding hydrogens is 346 g/mol. The van der Waals surface area contributed by atoms with Gasteiger partial charge in [-0.2, -0.15) is 0 Å². The average molecular weight is 373 g/mol. The van der Waals surface area contributed by atoms with E-state index in [0.29, 0.717) is 55.8 Å². The van der Waals surface area contributed by atoms with Crippen LogP contribution in [-0.2, 0) is 0 Å². The zero-order valence-corrected chi connectivity index (χ0v) is 16.1. The van der Waals surface area contributed by atoms with Gasteiger partial charge in [0.05, 0.1) is 26.4 Å². The first-order chi connectivity index (χ1) is 13.2. The first kappa shape index (κ1) is 20.4. The standard InChI is InChI=1S/C21H27NO5/c1-4-24-18-14-16(15-19(25-5-2)20(18)26-6-3)21(23)22-12-13-27-17-10-8-7-9-11-17/h7-11,14-15H,4-6,12-13H2,1-3H3,(H,22,23). The van der Waals surface area contributed by atoms with Gasteiger partial charge in [0.1, 0.15) is 12.4 Å². The van der Waals surface area contributed by atoms with E-state index in [1.54, 1.807) is 12.1 Å². The van der Waals surface area contributed by atoms with Crippen LogP contribution in [0.5, 0.6) is 23.0 Å². The fourth-order valence-electron chi connectivity index (χ4n) is 2.47. The quantitative estimate of drug-likeness (QED) is 0.609. The Hall–Kier alpha value is -2.89. The highest BCUT2D eigenvalue weighted by Crippen LogP contribution is 2.39. The number of amides is 1. The van der Waals surface area contributed by atoms with Crippen molar-refractivity contribution >= 4 is 5.91 Å². The topological polar surface area (TPSA) is 66.0 Å². The van der Waals surface area contributed by atoms with Crippen LogP contribution in [0, 0.1) is 0 Å². The van der Waals surface area contributed by atoms with E-state index >= 15 is 0 Å². The molecule has 0 radical (unpaired) electrons. The monoisotopic (exact) mass is 373 g/mol. The van der Waals surface area contributed by atoms with Crippen molar-refractivity contribution < 1.29 is 23.7 Å². The molecule has 0 aromatic heterocycles. The minimum atomic E-state index is -0.225. The van der Waals surface area contributed by atoms with Crippen molar-refractivity contribution in [3.63, 3.8) is 0 Å². The summed E-state index contributed by atoms with van der Waals surface area (Å²) >= 11 is 0. The SMILES string of the molecule is CCOc1cc(C(=O)NCCOc2ccccc2)cc(OCC)c1OCC. The van der Waals surface area contributed by atoms with E-state index in [-0.39, 0.29) is 5.91 Å². The van der Waals surface area contributed by atoms with Crippen molar-refractivity contribution in [1.29, 1.82) is 0 Å². The van der Waals surface area contributed by atoms with Gasteiger partial charge in [0, 0.05) is 5.56 Å². The fraction of sp³-hybridized carbons (Fsp3) is 0.381. The molecule has 27 heavy (non-hydrogen) atoms. The summed E-state index contributed by atoms with van der Waals surface area (Å²) in [7, 11) is 0. The molecule has 2 aromatic rings. The second-order valence-corrected chi connectivity index (χ2v) is 5.52. The van der Waals surface area contributed by atoms with E-state index in [9.17, 15) is 4.79 Å². The lowest BCUT2D eigenvalue weighted by atomic mass is 10.1. The molecule has 0 unspecified atom stereocenters. The van der Waals surface area contributed by atoms with Crippen molar-refractivity contribution in [2.75, 3.05) is 33.0 Å². The third kappa shape index (κ3) is 6.09. The Morgan fingerprint density at radius 3 is 2.00 bits per heavy atom. The third-order valence-corrected chi connectivity index (χ3v) is 3.57. The van der Waals surface area contributed by atoms with Gasteiger partial charge in [-0.3, -0.25) is 4.79 Å². The molecule has 0 heterocycles. The maximum atomic E-state index is 12.5. The highest BCUT2D eigenvalue weighted by Gasteiger charge is 2.18. The number of carbonyl (C=O) groups is 1. The molecule has 2 rings (SSSR count). The van der Waals surface area contributed by atoms with Gasteiger partial charge in [-0.15, -0.1) is 0 Å². The molecular formula is C21H27NO5. The minimum Gasteiger partial charge on any atom is -0.492 e. The van der Waals surface area contributed by atoms with Crippen molar-refractivity contribution in [3.8, 4) is 23.0 Å². The highest BCUT2D eigenvalue weighted by molar-refractivity contribution is 5.95. The highest BCUT2D eigenvalue weighted by atomic mass is 16.5. The first-order valence-electron chi connectivity index (χ1n) is 9.22. The molecule has 0 saturated carbocycles. The second-order valence-electron chi connectivity index (χ2n) is 5.52. The van der Waals surface area contributed by atoms with Crippen LogP contribution in [0.15, 0.2) is 42.5 Å². The van der Waals surface area contributed by atoms with Gasteiger partial charge < -0.3 is 24.3 Å². The maximum Gasteiger partial charge on any atom is 0.251 e. The Morgan fingerprint density at radius 1 is 0.852 bits per heavy atom. The Balaban J connectivity index is 2.05. The Kier molecular flexibility index (Phi) is 8.29. The summed E-state index contributed by atoms with van der Waals surface area (Å²) < 4.78 is 22.5. The van der Waals surface area contributed by atoms with Crippen molar-refractivity contribution in [2.45, 2.75) is 20.8 Å². The molecule has 0 bridgehead atoms. The molecule has 146 valence electrons. The number of carbonyl (C=O) groups excluding carboxylic acids is 1. The van der Waals surface area contributed by atoms with Crippen molar-refractivity contribution in [2.24, 2.45) is 0 Å². The van der Waals surface area contributed by atoms with E-state index in [0.717, 1.165) is 5.75 Å². The van der Waals surface area contributed by atoms with Crippen LogP contribution in [0.4, 0.5) is 0 Å². The van der Waals surface area contributed by atoms with Gasteiger partial charge in [-0.25, -0.2) is 0 Å². The molecule has 0 aliphatic rings. The van der Waals surface area contributed by atoms with Crippen LogP contribution in [-0.4, -0.2) is 38.9 Å². The molecule has 0 aliphatic heterocycles. The summed E-state index contributed by atoms with van der Waals surface area (Å²) in [4.78, 5) is 12.5. The lowest BCUT2D eigenvalue weighted by molar-refractivity contribution is 0.0946. The summed E-state index contributed by atoms with van der Waals surface area (Å²) in [5.74, 6) is 2.05. The molecule has 1 amide bonds. The fourth-order valence-corrected chi connectivity index (χ4v) is 2.47. The zero-order chi connectivity index (χ0) is 19.5. The third-order valence-electron chi connectivity index (χ3n) is 3.57. The van der Waals surface area contributed by atoms with Crippen LogP contribution in [0.2, 0.25) is 0 Å². The molecule has 2 aromatic carbocycles. The smallest absolute Gasteiger partial charge is 0.251 e. The Labute approximate surface area is 160 Å². The van der Waals surface area contributed by atoms with Gasteiger partial charge >= 0.3 is 0 Å². The molecule has 1 N–H and O–H groups in total. The van der Waals surface area contributed by atoms with Gasteiger partial charge in [0.15, 0.2) is 11.5 Å². The molecule has 6 heteroatoms. The number of nitrogens with one attached hydrogen (secondary N) is 1. The van der Waals surface area contributed by atoms with Gasteiger partial charge in [0.25, 0.3) is 5.91 Å². The number of benzene rings is 2. The second kappa shape index (κ2) is 11.0. The maximum absolute atomic E-state index is 12.5. The minimum absolute atomic E-state index is 0.225. The number of ether oxygens (including phenoxy) is 4. The molecule has 0 fully saturated rings. The Bertz CT molecular complexity index is 691. The summed E-state index contributed by atoms with van der Waals surface area (Å²) in [6.07, 6.45) is 0. The van der Waals surface area contributed by atoms with E-state index in [2.05, 4.69) is 5.32 Å². The number of hydrogen-bond acceptors (Lipinski definition) is 5. The number of hydrogen-bond donors (Lipinski definition) is 1. The Morgan fingerprint density at radius 2 is 1.44 bits per heavy atom. The van der Waals surface area contributed by atoms with Gasteiger partial charge in [-0.05, 0) is 45.0 Å². The van der Waals surface area contributed by atoms with E-state index in [1.165, 1.54) is 0 Å². The average Bonchev–Trinajstić information content (AvgIpc) is 2.68. The predicted octanol–water partition coefficient (Wildman–Crippen LogP) is 3.69. The van der Waals surface area contributed by atoms with Crippen LogP contribution >= 0.6 is 0 Å². The predicted molar refractivity (Wildman–Crippen MR) is 104 cm³/mol. The largest absolute Gasteiger partial charge is 0.492 e. The van der Waals surface area contributed by atoms with E-state index in [4.69, 9.17) is 18.9 Å². The molecule has 0 aliphatic carbocycles. The van der Waals surface area contributed by atoms with E-state index < -0.39 is 0 Å². The van der Waals surface area contributed by atoms with Crippen LogP contribution in [0.1, 0.15) is 31.1 Å². The van der Waals surface area contributed by atoms with Crippen molar-refractivity contribution in [3.05, 3.63) is 48.0 Å². The van der Waals surface area contributed by atoms with Crippen LogP contribution in [0.25, 0.3) is 0 Å². The van der Waals surface area contributed by atoms with E-state index in [1.807, 2.05) is 51.1 Å². The lowest BCUT2D eigenvalue weighted by Gasteiger charge is -2.17. The summed E-state index contributed by atoms with van der Waals surface area (Å²) in [5, 5.41) is 2.84. The lowest BCUT2D eigenvalue weighted by Crippen LogP contribution is -2.28. The zero-order valence-electron chi connectivity index (χ0n) is 16.1. The van der Waals surface area contributed by atoms with Gasteiger partial charge in [0.2, 0.25) is 5.75 Å². The summed E-state index contributed by atoms with van der Waals surface area (Å²) in [6.45, 7) is 7.80. The van der Waals surface area contributed by atoms with Crippen LogP contribution < -0.4 is 24.3 Å². The van der Waals surface area contributed by atoms with Crippen LogP contribution in [0.3, 0.4) is 0 Å². The first-order valence-corrected chi connectivity index (χ1v) is 9.22. The number of rotatable bonds is 11. The summed E-state index contributed by atoms with van der Waals surface area (Å²) in [6, 6.07) is 12.8. The normalized spacial score (nSPS) is 10.2. The molecule has 0 saturated heterocycles. The molecule has 6 nitrogen and oxygen atoms in total. The molecule has 0 atom stereocenters. The van der Waals surface area contributed by atoms with Gasteiger partial charge in [-0.1, -0.05) is 18.2 Å². The summed E-state index contributed by atoms with van der Waals surface area (Å²) in [5.41, 5.74) is 0.449. The van der Waals surface area contributed by atoms with Crippen molar-refractivity contribution in [1.82, 2.24) is 5.32 Å².